The van der Waals surface area contributed by atoms with Crippen LogP contribution < -0.4 is 4.72 Å². The Balaban J connectivity index is 1.32. The molecule has 0 saturated carbocycles. The van der Waals surface area contributed by atoms with E-state index >= 15 is 0 Å². The lowest BCUT2D eigenvalue weighted by Crippen LogP contribution is -2.31. The quantitative estimate of drug-likeness (QED) is 0.553. The van der Waals surface area contributed by atoms with Crippen LogP contribution in [0, 0.1) is 0 Å². The third kappa shape index (κ3) is 3.16. The lowest BCUT2D eigenvalue weighted by molar-refractivity contribution is -0.0364. The number of nitrogens with zero attached hydrogens (tertiary/aromatic N) is 4. The van der Waals surface area contributed by atoms with Gasteiger partial charge in [0.25, 0.3) is 10.0 Å². The van der Waals surface area contributed by atoms with Gasteiger partial charge in [0.05, 0.1) is 11.8 Å². The first-order valence-electron chi connectivity index (χ1n) is 9.40. The van der Waals surface area contributed by atoms with Crippen molar-refractivity contribution in [2.45, 2.75) is 42.3 Å². The molecule has 156 valence electrons. The smallest absolute Gasteiger partial charge is 0.264 e. The molecule has 3 aromatic rings. The number of aryl methyl sites for hydroxylation is 1. The third-order valence-corrected chi connectivity index (χ3v) is 6.77. The zero-order valence-corrected chi connectivity index (χ0v) is 16.5. The fourth-order valence-electron chi connectivity index (χ4n) is 3.89. The Morgan fingerprint density at radius 3 is 2.93 bits per heavy atom. The van der Waals surface area contributed by atoms with Crippen molar-refractivity contribution in [2.24, 2.45) is 4.99 Å². The number of sulfonamides is 1. The highest BCUT2D eigenvalue weighted by atomic mass is 32.2. The number of fused-ring (bicyclic) bond motifs is 2. The molecule has 0 radical (unpaired) electrons. The normalized spacial score (nSPS) is 27.1. The van der Waals surface area contributed by atoms with Crippen LogP contribution in [0.2, 0.25) is 0 Å². The summed E-state index contributed by atoms with van der Waals surface area (Å²) in [5.41, 5.74) is 1.84. The number of hydrogen-bond acceptors (Lipinski definition) is 8. The van der Waals surface area contributed by atoms with E-state index in [2.05, 4.69) is 19.7 Å². The number of aliphatic imine (C=N–C) groups is 1. The topological polar surface area (TPSA) is 139 Å². The molecule has 4 heterocycles. The minimum atomic E-state index is -3.57. The molecule has 10 nitrogen and oxygen atoms in total. The Kier molecular flexibility index (Phi) is 4.54. The van der Waals surface area contributed by atoms with Crippen LogP contribution in [-0.2, 0) is 21.2 Å². The van der Waals surface area contributed by atoms with Gasteiger partial charge in [-0.2, -0.15) is 0 Å². The van der Waals surface area contributed by atoms with Gasteiger partial charge >= 0.3 is 0 Å². The maximum Gasteiger partial charge on any atom is 0.264 e. The first-order valence-corrected chi connectivity index (χ1v) is 10.9. The number of aliphatic hydroxyl groups is 2. The average molecular weight is 429 g/mol. The fraction of sp³-hybridized carbons (Fsp3) is 0.316. The van der Waals surface area contributed by atoms with E-state index in [1.807, 2.05) is 6.07 Å². The molecule has 30 heavy (non-hydrogen) atoms. The summed E-state index contributed by atoms with van der Waals surface area (Å²) >= 11 is 0. The second kappa shape index (κ2) is 7.13. The van der Waals surface area contributed by atoms with Crippen molar-refractivity contribution < 1.29 is 23.4 Å². The van der Waals surface area contributed by atoms with Crippen molar-refractivity contribution in [3.63, 3.8) is 0 Å². The van der Waals surface area contributed by atoms with Crippen LogP contribution in [0.4, 0.5) is 5.69 Å². The zero-order valence-electron chi connectivity index (χ0n) is 15.7. The number of rotatable bonds is 4. The molecular weight excluding hydrogens is 410 g/mol. The van der Waals surface area contributed by atoms with Crippen LogP contribution >= 0.6 is 0 Å². The number of nitrogens with one attached hydrogen (secondary N) is 1. The Morgan fingerprint density at radius 2 is 2.07 bits per heavy atom. The Bertz CT molecular complexity index is 1240. The van der Waals surface area contributed by atoms with Crippen molar-refractivity contribution in [1.29, 1.82) is 0 Å². The molecule has 1 aromatic carbocycles. The molecular formula is C19H19N5O5S. The summed E-state index contributed by atoms with van der Waals surface area (Å²) in [6.07, 6.45) is 3.43. The average Bonchev–Trinajstić information content (AvgIpc) is 3.28. The third-order valence-electron chi connectivity index (χ3n) is 5.43. The molecule has 2 aliphatic heterocycles. The van der Waals surface area contributed by atoms with Gasteiger partial charge in [-0.15, -0.1) is 0 Å². The number of aliphatic hydroxyl groups excluding tert-OH is 2. The van der Waals surface area contributed by atoms with E-state index in [1.165, 1.54) is 12.4 Å². The fourth-order valence-corrected chi connectivity index (χ4v) is 4.84. The van der Waals surface area contributed by atoms with E-state index in [4.69, 9.17) is 4.74 Å². The first-order chi connectivity index (χ1) is 14.4. The molecule has 0 bridgehead atoms. The molecule has 5 rings (SSSR count). The summed E-state index contributed by atoms with van der Waals surface area (Å²) in [6, 6.07) is 6.75. The Hall–Kier alpha value is -2.86. The number of benzene rings is 1. The van der Waals surface area contributed by atoms with Gasteiger partial charge in [0.15, 0.2) is 6.23 Å². The molecule has 0 amide bonds. The highest BCUT2D eigenvalue weighted by Crippen LogP contribution is 2.34. The van der Waals surface area contributed by atoms with Crippen LogP contribution in [0.1, 0.15) is 18.2 Å². The Morgan fingerprint density at radius 1 is 1.20 bits per heavy atom. The van der Waals surface area contributed by atoms with Gasteiger partial charge < -0.3 is 19.5 Å². The lowest BCUT2D eigenvalue weighted by atomic mass is 10.0. The van der Waals surface area contributed by atoms with Crippen molar-refractivity contribution in [3.05, 3.63) is 48.5 Å². The van der Waals surface area contributed by atoms with Gasteiger partial charge in [-0.25, -0.2) is 23.4 Å². The lowest BCUT2D eigenvalue weighted by Gasteiger charge is -2.17. The van der Waals surface area contributed by atoms with E-state index in [1.54, 1.807) is 29.1 Å². The van der Waals surface area contributed by atoms with E-state index in [-0.39, 0.29) is 4.90 Å². The van der Waals surface area contributed by atoms with Crippen molar-refractivity contribution >= 4 is 33.1 Å². The minimum Gasteiger partial charge on any atom is -0.388 e. The van der Waals surface area contributed by atoms with Crippen molar-refractivity contribution in [1.82, 2.24) is 19.3 Å². The van der Waals surface area contributed by atoms with Gasteiger partial charge in [0, 0.05) is 17.8 Å². The molecule has 2 aliphatic rings. The molecule has 1 saturated heterocycles. The van der Waals surface area contributed by atoms with Gasteiger partial charge in [-0.05, 0) is 36.6 Å². The zero-order chi connectivity index (χ0) is 20.9. The second-order valence-corrected chi connectivity index (χ2v) is 8.97. The molecule has 1 fully saturated rings. The summed E-state index contributed by atoms with van der Waals surface area (Å²) in [7, 11) is -3.57. The first kappa shape index (κ1) is 19.1. The van der Waals surface area contributed by atoms with Crippen LogP contribution in [0.25, 0.3) is 11.0 Å². The van der Waals surface area contributed by atoms with Crippen LogP contribution in [-0.4, -0.2) is 57.8 Å². The van der Waals surface area contributed by atoms with Crippen molar-refractivity contribution in [3.8, 4) is 0 Å². The number of hydrogen-bond donors (Lipinski definition) is 3. The largest absolute Gasteiger partial charge is 0.388 e. The molecule has 0 aliphatic carbocycles. The van der Waals surface area contributed by atoms with Gasteiger partial charge in [0.2, 0.25) is 0 Å². The van der Waals surface area contributed by atoms with Crippen LogP contribution in [0.5, 0.6) is 0 Å². The predicted octanol–water partition coefficient (Wildman–Crippen LogP) is 0.635. The molecule has 0 spiro atoms. The van der Waals surface area contributed by atoms with Gasteiger partial charge in [0.1, 0.15) is 35.4 Å². The van der Waals surface area contributed by atoms with Gasteiger partial charge in [-0.3, -0.25) is 4.72 Å². The monoisotopic (exact) mass is 429 g/mol. The molecule has 3 N–H and O–H groups in total. The van der Waals surface area contributed by atoms with E-state index in [0.29, 0.717) is 24.2 Å². The summed E-state index contributed by atoms with van der Waals surface area (Å²) in [6.45, 7) is 0. The molecule has 0 unspecified atom stereocenters. The van der Waals surface area contributed by atoms with E-state index in [9.17, 15) is 18.6 Å². The highest BCUT2D eigenvalue weighted by molar-refractivity contribution is 7.90. The predicted molar refractivity (Wildman–Crippen MR) is 107 cm³/mol. The van der Waals surface area contributed by atoms with E-state index < -0.39 is 34.6 Å². The second-order valence-electron chi connectivity index (χ2n) is 7.29. The number of ether oxygens (including phenoxy) is 1. The number of aromatic nitrogens is 3. The summed E-state index contributed by atoms with van der Waals surface area (Å²) < 4.78 is 33.9. The maximum atomic E-state index is 12.0. The summed E-state index contributed by atoms with van der Waals surface area (Å²) in [4.78, 5) is 12.4. The highest BCUT2D eigenvalue weighted by Gasteiger charge is 2.43. The van der Waals surface area contributed by atoms with Crippen LogP contribution in [0.3, 0.4) is 0 Å². The van der Waals surface area contributed by atoms with Crippen LogP contribution in [0.15, 0.2) is 52.9 Å². The standard InChI is InChI=1S/C19H19N5O5S/c25-16-14(3-1-11-2-4-15-13(7-11)21-10-23-30(15,27)28)29-19(17(16)26)24-6-5-12-8-20-9-22-18(12)24/h2,4-10,14,16-17,19,25-26H,1,3H2,(H,21,23)/t14-,16-,17-,19-/m1/s1. The molecule has 11 heteroatoms. The van der Waals surface area contributed by atoms with E-state index in [0.717, 1.165) is 17.3 Å². The Labute approximate surface area is 171 Å². The summed E-state index contributed by atoms with van der Waals surface area (Å²) in [5.74, 6) is 0. The molecule has 4 atom stereocenters. The molecule has 2 aromatic heterocycles. The van der Waals surface area contributed by atoms with Gasteiger partial charge in [-0.1, -0.05) is 6.07 Å². The SMILES string of the molecule is O=S1(=O)NC=Nc2cc(CC[C@H]3O[C@@H](n4ccc5cncnc54)[C@H](O)[C@@H]3O)ccc21. The summed E-state index contributed by atoms with van der Waals surface area (Å²) in [5, 5.41) is 21.9. The maximum absolute atomic E-state index is 12.0. The van der Waals surface area contributed by atoms with Crippen molar-refractivity contribution in [2.75, 3.05) is 0 Å². The minimum absolute atomic E-state index is 0.128.